The molecule has 694 valence electrons. The predicted molar refractivity (Wildman–Crippen MR) is 615 cm³/mol. The highest BCUT2D eigenvalue weighted by Gasteiger charge is 2.52. The number of nitrogens with zero attached hydrogens (tertiary/aromatic N) is 4. The maximum absolute atomic E-state index is 6.42. The van der Waals surface area contributed by atoms with Crippen LogP contribution in [0.3, 0.4) is 0 Å². The van der Waals surface area contributed by atoms with Crippen LogP contribution in [0.2, 0.25) is 0 Å². The SMILES string of the molecule is CCc1nc2c(-c3ccc(-c4cccc5c4oc4ccccc45)cc3)cc(-c3cccc4c3oc3ccccc34)cc2s1.CCc1nc2c(-c3cccc(-c4ccc(-c5cccnc5)cc4)c3)cc(-c3cc(-c4ccccc4)cc(-c4ccccc4)c3)cc2s1.c1ccc2c(c1)-c1ccccc1C21c2ccccc2-c2ccc(-c3cc(-c4ccc(-c5cccc6ccccc56)cc4)cc4sc(C5CCCCC5)nc34)cc21. The molecule has 0 bridgehead atoms. The van der Waals surface area contributed by atoms with E-state index in [1.807, 2.05) is 54.1 Å². The van der Waals surface area contributed by atoms with Crippen LogP contribution < -0.4 is 0 Å². The number of hydrogen-bond acceptors (Lipinski definition) is 9. The van der Waals surface area contributed by atoms with E-state index in [0.717, 1.165) is 133 Å². The Morgan fingerprint density at radius 3 is 1.18 bits per heavy atom. The second kappa shape index (κ2) is 37.1. The molecule has 6 heterocycles. The first-order valence-electron chi connectivity index (χ1n) is 50.9. The fraction of sp³-hybridized carbons (Fsp3) is 0.0803. The van der Waals surface area contributed by atoms with E-state index in [1.165, 1.54) is 190 Å². The van der Waals surface area contributed by atoms with Gasteiger partial charge in [-0.15, -0.1) is 34.0 Å². The van der Waals surface area contributed by atoms with Crippen LogP contribution in [-0.2, 0) is 18.3 Å². The number of thiazole rings is 3. The lowest BCUT2D eigenvalue weighted by molar-refractivity contribution is 0.443. The molecule has 20 aromatic carbocycles. The highest BCUT2D eigenvalue weighted by molar-refractivity contribution is 7.19. The van der Waals surface area contributed by atoms with Crippen LogP contribution in [-0.4, -0.2) is 19.9 Å². The summed E-state index contributed by atoms with van der Waals surface area (Å²) in [7, 11) is 0. The van der Waals surface area contributed by atoms with E-state index in [2.05, 4.69) is 431 Å². The molecule has 1 spiro atoms. The van der Waals surface area contributed by atoms with Crippen molar-refractivity contribution in [2.45, 2.75) is 70.1 Å². The molecule has 0 saturated heterocycles. The lowest BCUT2D eigenvalue weighted by atomic mass is 9.70. The Hall–Kier alpha value is -16.9. The van der Waals surface area contributed by atoms with Crippen LogP contribution in [0.4, 0.5) is 0 Å². The number of aromatic nitrogens is 4. The molecule has 3 aliphatic carbocycles. The van der Waals surface area contributed by atoms with Crippen molar-refractivity contribution >= 4 is 119 Å². The second-order valence-corrected chi connectivity index (χ2v) is 42.0. The number of aryl methyl sites for hydroxylation is 2. The first kappa shape index (κ1) is 88.0. The quantitative estimate of drug-likeness (QED) is 0.102. The molecule has 0 aliphatic heterocycles. The summed E-state index contributed by atoms with van der Waals surface area (Å²) in [6, 6.07) is 161. The molecule has 0 amide bonds. The Morgan fingerprint density at radius 1 is 0.247 bits per heavy atom. The van der Waals surface area contributed by atoms with Crippen LogP contribution >= 0.6 is 34.0 Å². The fourth-order valence-corrected chi connectivity index (χ4v) is 26.3. The standard InChI is InChI=1S/C54H39NS.C44H32N2S.C39H25NO2S/c1-2-14-37(15-3-1)53-55-52-46(31-39(33-51(52)56-53)34-25-27-36(28-26-34)41-21-12-16-35-13-4-5-17-40(35)41)38-29-30-45-44-20-8-11-24-49(44)54(50(45)32-38)47-22-9-6-18-42(47)43-19-7-10-23-48(43)54;1-2-43-46-44-41(35-16-9-15-34(23-35)32-18-20-33(21-19-32)36-17-10-22-45-29-36)27-40(28-42(44)47-43)39-25-37(30-11-5-3-6-12-30)24-38(26-39)31-13-7-4-8-14-31;1-2-36-40-37-32(21-25(22-35(37)43-36)27-12-8-14-31-29-10-4-6-16-34(29)42-39(27)31)24-19-17-23(18-20-24)26-11-7-13-30-28-9-3-5-15-33(28)41-38(26)30/h4-13,16-33,37H,1-3,14-15H2;3-29H,2H2,1H3;3-22H,2H2,1H3. The Morgan fingerprint density at radius 2 is 0.610 bits per heavy atom. The summed E-state index contributed by atoms with van der Waals surface area (Å²) in [5.74, 6) is 0.557. The van der Waals surface area contributed by atoms with E-state index in [4.69, 9.17) is 23.8 Å². The summed E-state index contributed by atoms with van der Waals surface area (Å²) < 4.78 is 16.4. The van der Waals surface area contributed by atoms with Crippen molar-refractivity contribution in [1.82, 2.24) is 19.9 Å². The van der Waals surface area contributed by atoms with Gasteiger partial charge in [0.25, 0.3) is 0 Å². The summed E-state index contributed by atoms with van der Waals surface area (Å²) in [4.78, 5) is 20.0. The minimum atomic E-state index is -0.376. The molecule has 146 heavy (non-hydrogen) atoms. The van der Waals surface area contributed by atoms with Gasteiger partial charge in [0, 0.05) is 67.7 Å². The normalized spacial score (nSPS) is 12.9. The molecular formula is C137H96N4O2S3. The van der Waals surface area contributed by atoms with E-state index in [-0.39, 0.29) is 5.41 Å². The summed E-state index contributed by atoms with van der Waals surface area (Å²) in [5, 5.41) is 10.7. The number of furan rings is 2. The van der Waals surface area contributed by atoms with Gasteiger partial charge in [0.05, 0.1) is 51.1 Å². The number of rotatable bonds is 15. The van der Waals surface area contributed by atoms with Crippen molar-refractivity contribution in [1.29, 1.82) is 0 Å². The summed E-state index contributed by atoms with van der Waals surface area (Å²) >= 11 is 5.50. The van der Waals surface area contributed by atoms with Crippen LogP contribution in [0.25, 0.3) is 241 Å². The zero-order valence-corrected chi connectivity index (χ0v) is 83.1. The van der Waals surface area contributed by atoms with Crippen LogP contribution in [0.5, 0.6) is 0 Å². The fourth-order valence-electron chi connectivity index (χ4n) is 23.2. The third-order valence-electron chi connectivity index (χ3n) is 30.3. The van der Waals surface area contributed by atoms with Crippen molar-refractivity contribution in [2.75, 3.05) is 0 Å². The molecule has 6 aromatic heterocycles. The first-order valence-corrected chi connectivity index (χ1v) is 53.3. The number of hydrogen-bond donors (Lipinski definition) is 0. The average Bonchev–Trinajstić information content (AvgIpc) is 1.50. The van der Waals surface area contributed by atoms with E-state index in [1.54, 1.807) is 22.7 Å². The minimum Gasteiger partial charge on any atom is -0.455 e. The molecule has 1 fully saturated rings. The summed E-state index contributed by atoms with van der Waals surface area (Å²) in [5.41, 5.74) is 45.7. The molecule has 29 rings (SSSR count). The van der Waals surface area contributed by atoms with E-state index in [9.17, 15) is 0 Å². The van der Waals surface area contributed by atoms with Crippen LogP contribution in [0.1, 0.15) is 89.1 Å². The molecule has 0 N–H and O–H groups in total. The Labute approximate surface area is 859 Å². The third kappa shape index (κ3) is 15.6. The minimum absolute atomic E-state index is 0.376. The lowest BCUT2D eigenvalue weighted by Gasteiger charge is -2.30. The van der Waals surface area contributed by atoms with Crippen molar-refractivity contribution < 1.29 is 8.83 Å². The first-order chi connectivity index (χ1) is 72.2. The molecule has 6 nitrogen and oxygen atoms in total. The summed E-state index contributed by atoms with van der Waals surface area (Å²) in [6.45, 7) is 4.35. The Balaban J connectivity index is 0.000000110. The maximum Gasteiger partial charge on any atom is 0.143 e. The molecule has 26 aromatic rings. The smallest absolute Gasteiger partial charge is 0.143 e. The van der Waals surface area contributed by atoms with Gasteiger partial charge in [-0.1, -0.05) is 391 Å². The van der Waals surface area contributed by atoms with Crippen LogP contribution in [0.15, 0.2) is 464 Å². The number of para-hydroxylation sites is 4. The lowest BCUT2D eigenvalue weighted by Crippen LogP contribution is -2.25. The van der Waals surface area contributed by atoms with Gasteiger partial charge >= 0.3 is 0 Å². The van der Waals surface area contributed by atoms with Crippen molar-refractivity contribution in [2.24, 2.45) is 0 Å². The topological polar surface area (TPSA) is 77.8 Å². The molecule has 3 aliphatic rings. The highest BCUT2D eigenvalue weighted by atomic mass is 32.1. The van der Waals surface area contributed by atoms with E-state index in [0.29, 0.717) is 5.92 Å². The van der Waals surface area contributed by atoms with Gasteiger partial charge < -0.3 is 8.83 Å². The van der Waals surface area contributed by atoms with E-state index >= 15 is 0 Å². The molecule has 0 radical (unpaired) electrons. The average molecular weight is 1930 g/mol. The van der Waals surface area contributed by atoms with Crippen molar-refractivity contribution in [3.63, 3.8) is 0 Å². The Bertz CT molecular complexity index is 9430. The largest absolute Gasteiger partial charge is 0.455 e. The van der Waals surface area contributed by atoms with E-state index < -0.39 is 0 Å². The maximum atomic E-state index is 6.42. The van der Waals surface area contributed by atoms with Gasteiger partial charge in [0.2, 0.25) is 0 Å². The predicted octanol–water partition coefficient (Wildman–Crippen LogP) is 38.8. The third-order valence-corrected chi connectivity index (χ3v) is 33.7. The number of pyridine rings is 1. The monoisotopic (exact) mass is 1920 g/mol. The second-order valence-electron chi connectivity index (χ2n) is 38.7. The molecule has 0 unspecified atom stereocenters. The zero-order chi connectivity index (χ0) is 96.9. The van der Waals surface area contributed by atoms with Gasteiger partial charge in [0.15, 0.2) is 0 Å². The van der Waals surface area contributed by atoms with Gasteiger partial charge in [-0.25, -0.2) is 15.0 Å². The number of benzene rings is 20. The van der Waals surface area contributed by atoms with Gasteiger partial charge in [-0.3, -0.25) is 4.98 Å². The molecular weight excluding hydrogens is 1830 g/mol. The highest BCUT2D eigenvalue weighted by Crippen LogP contribution is 2.64. The van der Waals surface area contributed by atoms with Crippen molar-refractivity contribution in [3.05, 3.63) is 493 Å². The molecule has 0 atom stereocenters. The van der Waals surface area contributed by atoms with Gasteiger partial charge in [0.1, 0.15) is 22.3 Å². The molecule has 9 heteroatoms. The molecule has 1 saturated carbocycles. The van der Waals surface area contributed by atoms with Crippen molar-refractivity contribution in [3.8, 4) is 156 Å². The van der Waals surface area contributed by atoms with Crippen LogP contribution in [0, 0.1) is 0 Å². The summed E-state index contributed by atoms with van der Waals surface area (Å²) in [6.07, 6.45) is 12.0. The van der Waals surface area contributed by atoms with Gasteiger partial charge in [-0.05, 0) is 272 Å². The van der Waals surface area contributed by atoms with Gasteiger partial charge in [-0.2, -0.15) is 0 Å². The zero-order valence-electron chi connectivity index (χ0n) is 80.7. The number of fused-ring (bicyclic) bond motifs is 20. The Kier molecular flexibility index (Phi) is 22.4.